The van der Waals surface area contributed by atoms with Gasteiger partial charge in [-0.15, -0.1) is 0 Å². The molecule has 0 spiro atoms. The smallest absolute Gasteiger partial charge is 0.418 e. The number of nitrogens with one attached hydrogen (secondary N) is 1. The Balaban J connectivity index is 0.000000871. The fourth-order valence-corrected chi connectivity index (χ4v) is 6.04. The van der Waals surface area contributed by atoms with Crippen LogP contribution >= 0.6 is 23.2 Å². The molecule has 1 atom stereocenters. The molecule has 5 N–H and O–H groups in total. The van der Waals surface area contributed by atoms with Crippen LogP contribution < -0.4 is 5.32 Å². The summed E-state index contributed by atoms with van der Waals surface area (Å²) in [5.74, 6) is -13.2. The monoisotopic (exact) mass is 885 g/mol. The second-order valence-electron chi connectivity index (χ2n) is 12.0. The summed E-state index contributed by atoms with van der Waals surface area (Å²) in [4.78, 5) is 67.2. The predicted molar refractivity (Wildman–Crippen MR) is 195 cm³/mol. The number of alkyl halides is 4. The van der Waals surface area contributed by atoms with E-state index >= 15 is 4.39 Å². The molecule has 16 nitrogen and oxygen atoms in total. The molecule has 0 saturated carbocycles. The van der Waals surface area contributed by atoms with E-state index in [1.807, 2.05) is 24.3 Å². The molecule has 2 heterocycles. The van der Waals surface area contributed by atoms with Crippen LogP contribution in [0, 0.1) is 5.82 Å². The molecule has 0 radical (unpaired) electrons. The van der Waals surface area contributed by atoms with E-state index in [2.05, 4.69) is 15.1 Å². The molecule has 2 aromatic rings. The van der Waals surface area contributed by atoms with Gasteiger partial charge in [0.05, 0.1) is 66.0 Å². The van der Waals surface area contributed by atoms with Gasteiger partial charge in [0.15, 0.2) is 0 Å². The number of carboxylic acid groups (broad SMARTS) is 4. The van der Waals surface area contributed by atoms with Gasteiger partial charge in [-0.3, -0.25) is 9.80 Å². The molecule has 2 aromatic carbocycles. The van der Waals surface area contributed by atoms with Crippen LogP contribution in [0.3, 0.4) is 0 Å². The van der Waals surface area contributed by atoms with E-state index in [-0.39, 0.29) is 18.9 Å². The van der Waals surface area contributed by atoms with E-state index in [0.29, 0.717) is 23.7 Å². The lowest BCUT2D eigenvalue weighted by atomic mass is 9.78. The largest absolute Gasteiger partial charge is 0.473 e. The van der Waals surface area contributed by atoms with Crippen molar-refractivity contribution in [3.8, 4) is 0 Å². The molecule has 1 fully saturated rings. The number of ether oxygens (including phenoxy) is 3. The number of halogens is 7. The van der Waals surface area contributed by atoms with Gasteiger partial charge in [-0.2, -0.15) is 13.2 Å². The first-order valence-corrected chi connectivity index (χ1v) is 17.7. The third kappa shape index (κ3) is 14.8. The van der Waals surface area contributed by atoms with Crippen LogP contribution in [-0.4, -0.2) is 132 Å². The maximum atomic E-state index is 15.5. The van der Waals surface area contributed by atoms with E-state index in [1.165, 1.54) is 6.92 Å². The number of hydrogen-bond donors (Lipinski definition) is 5. The fraction of sp³-hybridized carbons (Fsp3) is 0.389. The highest BCUT2D eigenvalue weighted by Crippen LogP contribution is 2.48. The highest BCUT2D eigenvalue weighted by molar-refractivity contribution is 6.31. The molecule has 324 valence electrons. The lowest BCUT2D eigenvalue weighted by Crippen LogP contribution is -2.46. The average Bonchev–Trinajstić information content (AvgIpc) is 3.17. The van der Waals surface area contributed by atoms with Gasteiger partial charge in [-0.1, -0.05) is 35.3 Å². The third-order valence-electron chi connectivity index (χ3n) is 8.23. The second kappa shape index (κ2) is 23.3. The van der Waals surface area contributed by atoms with E-state index in [1.54, 1.807) is 0 Å². The van der Waals surface area contributed by atoms with Gasteiger partial charge in [-0.25, -0.2) is 37.5 Å². The van der Waals surface area contributed by atoms with Crippen molar-refractivity contribution in [2.75, 3.05) is 66.3 Å². The number of nitrogens with zero attached hydrogens (tertiary/aromatic N) is 2. The minimum atomic E-state index is -5.22. The van der Waals surface area contributed by atoms with Crippen molar-refractivity contribution in [2.45, 2.75) is 25.6 Å². The van der Waals surface area contributed by atoms with Gasteiger partial charge in [0.25, 0.3) is 0 Å². The van der Waals surface area contributed by atoms with Crippen LogP contribution in [0.2, 0.25) is 10.0 Å². The number of rotatable bonds is 12. The SMILES string of the molecule is CCOC(=O)C1=C(COCCN2CCN(Cc3ccc(Cl)cc3)CC2)NC(CF)=C(C(=O)OC)C1c1c(F)ccc(Cl)c1C(F)(F)F.O=C(O)C(=O)O.O=C(O)C(=O)O. The number of hydrogen-bond acceptors (Lipinski definition) is 12. The van der Waals surface area contributed by atoms with E-state index in [9.17, 15) is 27.2 Å². The standard InChI is InChI=1S/C32H34Cl2F5N3O5.2C2H2O4/c1-3-47-31(44)27-24(18-46-15-14-41-10-12-42(13-11-41)17-19-4-6-20(33)7-5-19)40-23(16-35)26(30(43)45-2)28(27)25-22(36)9-8-21(34)29(25)32(37,38)39;2*3-1(4)2(5)6/h4-9,28,40H,3,10-18H2,1-2H3;2*(H,3,4)(H,5,6). The number of carbonyl (C=O) groups excluding carboxylic acids is 2. The highest BCUT2D eigenvalue weighted by Gasteiger charge is 2.47. The Morgan fingerprint density at radius 1 is 0.814 bits per heavy atom. The first-order valence-electron chi connectivity index (χ1n) is 17.0. The Labute approximate surface area is 342 Å². The molecule has 0 aliphatic carbocycles. The van der Waals surface area contributed by atoms with Crippen LogP contribution in [0.15, 0.2) is 58.9 Å². The first-order chi connectivity index (χ1) is 27.7. The molecule has 0 aromatic heterocycles. The summed E-state index contributed by atoms with van der Waals surface area (Å²) in [5, 5.41) is 32.0. The Hall–Kier alpha value is -5.35. The summed E-state index contributed by atoms with van der Waals surface area (Å²) in [6.07, 6.45) is -5.22. The normalized spacial score (nSPS) is 15.8. The maximum absolute atomic E-state index is 15.5. The highest BCUT2D eigenvalue weighted by atomic mass is 35.5. The van der Waals surface area contributed by atoms with E-state index < -0.39 is 100 Å². The summed E-state index contributed by atoms with van der Waals surface area (Å²) in [5.41, 5.74) is -3.62. The van der Waals surface area contributed by atoms with Crippen molar-refractivity contribution in [1.82, 2.24) is 15.1 Å². The summed E-state index contributed by atoms with van der Waals surface area (Å²) in [6.45, 7) is 3.97. The first kappa shape index (κ1) is 49.8. The molecule has 23 heteroatoms. The van der Waals surface area contributed by atoms with Gasteiger partial charge in [-0.05, 0) is 36.8 Å². The minimum absolute atomic E-state index is 0.140. The number of esters is 2. The summed E-state index contributed by atoms with van der Waals surface area (Å²) in [7, 11) is 0.922. The van der Waals surface area contributed by atoms with Crippen molar-refractivity contribution >= 4 is 59.0 Å². The van der Waals surface area contributed by atoms with Gasteiger partial charge < -0.3 is 40.0 Å². The molecule has 59 heavy (non-hydrogen) atoms. The van der Waals surface area contributed by atoms with E-state index in [0.717, 1.165) is 45.4 Å². The zero-order chi connectivity index (χ0) is 44.6. The van der Waals surface area contributed by atoms with E-state index in [4.69, 9.17) is 77.0 Å². The summed E-state index contributed by atoms with van der Waals surface area (Å²) < 4.78 is 88.6. The van der Waals surface area contributed by atoms with Crippen molar-refractivity contribution in [3.05, 3.63) is 91.5 Å². The van der Waals surface area contributed by atoms with Gasteiger partial charge in [0.2, 0.25) is 0 Å². The van der Waals surface area contributed by atoms with Gasteiger partial charge in [0, 0.05) is 49.9 Å². The Morgan fingerprint density at radius 2 is 1.34 bits per heavy atom. The summed E-state index contributed by atoms with van der Waals surface area (Å²) in [6, 6.07) is 9.03. The van der Waals surface area contributed by atoms with Crippen molar-refractivity contribution in [1.29, 1.82) is 0 Å². The number of aliphatic carboxylic acids is 4. The molecule has 0 bridgehead atoms. The topological polar surface area (TPSA) is 230 Å². The Bertz CT molecular complexity index is 1870. The average molecular weight is 887 g/mol. The number of benzene rings is 2. The predicted octanol–water partition coefficient (Wildman–Crippen LogP) is 4.20. The number of carboxylic acids is 4. The second-order valence-corrected chi connectivity index (χ2v) is 12.9. The molecule has 4 rings (SSSR count). The van der Waals surface area contributed by atoms with Crippen LogP contribution in [0.4, 0.5) is 22.0 Å². The van der Waals surface area contributed by atoms with Crippen LogP contribution in [-0.2, 0) is 55.7 Å². The van der Waals surface area contributed by atoms with Gasteiger partial charge >= 0.3 is 42.0 Å². The van der Waals surface area contributed by atoms with Crippen LogP contribution in [0.1, 0.15) is 29.5 Å². The van der Waals surface area contributed by atoms with Gasteiger partial charge in [0.1, 0.15) is 12.5 Å². The number of allylic oxidation sites excluding steroid dienone is 1. The number of dihydropyridines is 1. The molecular formula is C36H38Cl2F5N3O13. The fourth-order valence-electron chi connectivity index (χ4n) is 5.64. The van der Waals surface area contributed by atoms with Crippen LogP contribution in [0.25, 0.3) is 0 Å². The molecule has 2 aliphatic rings. The number of carbonyl (C=O) groups is 6. The maximum Gasteiger partial charge on any atom is 0.418 e. The van der Waals surface area contributed by atoms with Crippen molar-refractivity contribution in [2.24, 2.45) is 0 Å². The molecule has 0 amide bonds. The van der Waals surface area contributed by atoms with Crippen LogP contribution in [0.5, 0.6) is 0 Å². The summed E-state index contributed by atoms with van der Waals surface area (Å²) >= 11 is 11.9. The third-order valence-corrected chi connectivity index (χ3v) is 8.79. The molecule has 1 saturated heterocycles. The lowest BCUT2D eigenvalue weighted by Gasteiger charge is -2.35. The zero-order valence-corrected chi connectivity index (χ0v) is 32.6. The zero-order valence-electron chi connectivity index (χ0n) is 31.1. The number of methoxy groups -OCH3 is 1. The molecule has 1 unspecified atom stereocenters. The Morgan fingerprint density at radius 3 is 1.81 bits per heavy atom. The Kier molecular flexibility index (Phi) is 19.7. The molecule has 2 aliphatic heterocycles. The van der Waals surface area contributed by atoms with Crippen molar-refractivity contribution < 1.29 is 85.4 Å². The quantitative estimate of drug-likeness (QED) is 0.0871. The van der Waals surface area contributed by atoms with Crippen molar-refractivity contribution in [3.63, 3.8) is 0 Å². The minimum Gasteiger partial charge on any atom is -0.473 e. The number of piperazine rings is 1. The molecular weight excluding hydrogens is 848 g/mol. The lowest BCUT2D eigenvalue weighted by molar-refractivity contribution is -0.159.